The highest BCUT2D eigenvalue weighted by Gasteiger charge is 2.17. The molecule has 2 rings (SSSR count). The average Bonchev–Trinajstić information content (AvgIpc) is 2.60. The van der Waals surface area contributed by atoms with E-state index in [1.54, 1.807) is 36.4 Å². The maximum atomic E-state index is 12.7. The molecule has 0 aliphatic heterocycles. The van der Waals surface area contributed by atoms with Gasteiger partial charge in [-0.15, -0.1) is 0 Å². The van der Waals surface area contributed by atoms with Gasteiger partial charge in [0.25, 0.3) is 11.1 Å². The van der Waals surface area contributed by atoms with E-state index < -0.39 is 0 Å². The minimum absolute atomic E-state index is 0.320. The summed E-state index contributed by atoms with van der Waals surface area (Å²) in [7, 11) is 0. The molecule has 2 aromatic carbocycles. The molecule has 2 aromatic rings. The van der Waals surface area contributed by atoms with Crippen LogP contribution in [-0.2, 0) is 0 Å². The van der Waals surface area contributed by atoms with Crippen LogP contribution in [0, 0.1) is 0 Å². The fourth-order valence-electron chi connectivity index (χ4n) is 2.18. The normalized spacial score (nSPS) is 10.3. The van der Waals surface area contributed by atoms with Gasteiger partial charge in [-0.1, -0.05) is 39.1 Å². The lowest BCUT2D eigenvalue weighted by Crippen LogP contribution is -2.33. The van der Waals surface area contributed by atoms with E-state index in [1.807, 2.05) is 18.7 Å². The summed E-state index contributed by atoms with van der Waals surface area (Å²) in [5, 5.41) is 3.88. The molecule has 0 atom stereocenters. The highest BCUT2D eigenvalue weighted by Crippen LogP contribution is 2.28. The van der Waals surface area contributed by atoms with Crippen LogP contribution in [0.25, 0.3) is 0 Å². The maximum Gasteiger partial charge on any atom is 0.264 e. The number of benzene rings is 2. The van der Waals surface area contributed by atoms with Crippen molar-refractivity contribution in [3.63, 3.8) is 0 Å². The van der Waals surface area contributed by atoms with Gasteiger partial charge in [-0.2, -0.15) is 0 Å². The summed E-state index contributed by atoms with van der Waals surface area (Å²) >= 11 is 20.6. The molecule has 4 nitrogen and oxygen atoms in total. The number of amides is 1. The minimum Gasteiger partial charge on any atom is -0.431 e. The predicted molar refractivity (Wildman–Crippen MR) is 115 cm³/mol. The Hall–Kier alpha value is -1.34. The van der Waals surface area contributed by atoms with Crippen LogP contribution in [0.3, 0.4) is 0 Å². The first-order valence-corrected chi connectivity index (χ1v) is 9.84. The molecular weight excluding hydrogens is 459 g/mol. The van der Waals surface area contributed by atoms with E-state index in [0.717, 1.165) is 17.6 Å². The van der Waals surface area contributed by atoms with Crippen molar-refractivity contribution < 1.29 is 9.53 Å². The molecule has 8 heteroatoms. The Balaban J connectivity index is 2.26. The summed E-state index contributed by atoms with van der Waals surface area (Å²) < 4.78 is 6.52. The SMILES string of the molecule is CCN(CC)C(=S)Oc1ccc(Br)cc1C(=O)Nc1ccc(Cl)c(Cl)c1. The summed E-state index contributed by atoms with van der Waals surface area (Å²) in [4.78, 5) is 14.6. The Labute approximate surface area is 176 Å². The van der Waals surface area contributed by atoms with Gasteiger partial charge in [-0.05, 0) is 62.5 Å². The van der Waals surface area contributed by atoms with E-state index in [2.05, 4.69) is 21.2 Å². The average molecular weight is 476 g/mol. The van der Waals surface area contributed by atoms with E-state index in [-0.39, 0.29) is 5.91 Å². The summed E-state index contributed by atoms with van der Waals surface area (Å²) in [6.07, 6.45) is 0. The second-order valence-corrected chi connectivity index (χ2v) is 7.34. The van der Waals surface area contributed by atoms with Gasteiger partial charge in [0, 0.05) is 23.2 Å². The highest BCUT2D eigenvalue weighted by atomic mass is 79.9. The van der Waals surface area contributed by atoms with Crippen molar-refractivity contribution in [3.8, 4) is 5.75 Å². The molecule has 0 aliphatic rings. The van der Waals surface area contributed by atoms with Gasteiger partial charge in [-0.3, -0.25) is 4.79 Å². The second kappa shape index (κ2) is 9.55. The number of anilines is 1. The smallest absolute Gasteiger partial charge is 0.264 e. The van der Waals surface area contributed by atoms with E-state index in [1.165, 1.54) is 0 Å². The zero-order chi connectivity index (χ0) is 19.3. The van der Waals surface area contributed by atoms with Gasteiger partial charge in [0.05, 0.1) is 15.6 Å². The summed E-state index contributed by atoms with van der Waals surface area (Å²) in [6, 6.07) is 10.0. The van der Waals surface area contributed by atoms with E-state index in [9.17, 15) is 4.79 Å². The standard InChI is InChI=1S/C18H17BrCl2N2O2S/c1-3-23(4-2)18(26)25-16-8-5-11(19)9-13(16)17(24)22-12-6-7-14(20)15(21)10-12/h5-10H,3-4H2,1-2H3,(H,22,24). The summed E-state index contributed by atoms with van der Waals surface area (Å²) in [5.41, 5.74) is 0.876. The van der Waals surface area contributed by atoms with Crippen LogP contribution in [0.2, 0.25) is 10.0 Å². The van der Waals surface area contributed by atoms with Crippen molar-refractivity contribution in [2.45, 2.75) is 13.8 Å². The molecule has 0 aromatic heterocycles. The topological polar surface area (TPSA) is 41.6 Å². The Kier molecular flexibility index (Phi) is 7.70. The Morgan fingerprint density at radius 1 is 1.15 bits per heavy atom. The third-order valence-electron chi connectivity index (χ3n) is 3.58. The lowest BCUT2D eigenvalue weighted by Gasteiger charge is -2.22. The molecule has 0 heterocycles. The van der Waals surface area contributed by atoms with Crippen molar-refractivity contribution in [2.24, 2.45) is 0 Å². The molecule has 26 heavy (non-hydrogen) atoms. The largest absolute Gasteiger partial charge is 0.431 e. The molecular formula is C18H17BrCl2N2O2S. The molecule has 0 saturated heterocycles. The van der Waals surface area contributed by atoms with Crippen molar-refractivity contribution in [2.75, 3.05) is 18.4 Å². The summed E-state index contributed by atoms with van der Waals surface area (Å²) in [6.45, 7) is 5.41. The zero-order valence-electron chi connectivity index (χ0n) is 14.2. The second-order valence-electron chi connectivity index (χ2n) is 5.26. The molecule has 1 N–H and O–H groups in total. The third kappa shape index (κ3) is 5.33. The van der Waals surface area contributed by atoms with Gasteiger partial charge in [0.1, 0.15) is 5.75 Å². The van der Waals surface area contributed by atoms with Crippen LogP contribution in [0.15, 0.2) is 40.9 Å². The molecule has 0 fully saturated rings. The van der Waals surface area contributed by atoms with Crippen LogP contribution in [0.4, 0.5) is 5.69 Å². The number of hydrogen-bond acceptors (Lipinski definition) is 3. The van der Waals surface area contributed by atoms with E-state index in [4.69, 9.17) is 40.2 Å². The van der Waals surface area contributed by atoms with Gasteiger partial charge in [0.2, 0.25) is 0 Å². The van der Waals surface area contributed by atoms with Crippen LogP contribution < -0.4 is 10.1 Å². The lowest BCUT2D eigenvalue weighted by atomic mass is 10.2. The molecule has 0 radical (unpaired) electrons. The maximum absolute atomic E-state index is 12.7. The van der Waals surface area contributed by atoms with Crippen molar-refractivity contribution in [1.29, 1.82) is 0 Å². The van der Waals surface area contributed by atoms with Crippen LogP contribution in [0.1, 0.15) is 24.2 Å². The fraction of sp³-hybridized carbons (Fsp3) is 0.222. The molecule has 0 bridgehead atoms. The van der Waals surface area contributed by atoms with Gasteiger partial charge < -0.3 is 15.0 Å². The number of nitrogens with one attached hydrogen (secondary N) is 1. The molecule has 1 amide bonds. The number of carbonyl (C=O) groups is 1. The zero-order valence-corrected chi connectivity index (χ0v) is 18.1. The van der Waals surface area contributed by atoms with Gasteiger partial charge in [0.15, 0.2) is 0 Å². The Bertz CT molecular complexity index is 829. The minimum atomic E-state index is -0.345. The first-order chi connectivity index (χ1) is 12.3. The Morgan fingerprint density at radius 2 is 1.85 bits per heavy atom. The number of halogens is 3. The van der Waals surface area contributed by atoms with Crippen LogP contribution >= 0.6 is 51.3 Å². The van der Waals surface area contributed by atoms with Gasteiger partial charge in [-0.25, -0.2) is 0 Å². The molecule has 0 aliphatic carbocycles. The first-order valence-electron chi connectivity index (χ1n) is 7.88. The van der Waals surface area contributed by atoms with Gasteiger partial charge >= 0.3 is 0 Å². The number of nitrogens with zero attached hydrogens (tertiary/aromatic N) is 1. The van der Waals surface area contributed by atoms with Crippen molar-refractivity contribution in [3.05, 3.63) is 56.5 Å². The molecule has 0 saturated carbocycles. The molecule has 138 valence electrons. The third-order valence-corrected chi connectivity index (χ3v) is 5.16. The number of ether oxygens (including phenoxy) is 1. The molecule has 0 spiro atoms. The van der Waals surface area contributed by atoms with Crippen molar-refractivity contribution >= 4 is 68.1 Å². The number of thiocarbonyl (C=S) groups is 1. The van der Waals surface area contributed by atoms with Crippen LogP contribution in [0.5, 0.6) is 5.75 Å². The van der Waals surface area contributed by atoms with Crippen LogP contribution in [-0.4, -0.2) is 29.1 Å². The fourth-order valence-corrected chi connectivity index (χ4v) is 3.19. The Morgan fingerprint density at radius 3 is 2.46 bits per heavy atom. The van der Waals surface area contributed by atoms with E-state index >= 15 is 0 Å². The highest BCUT2D eigenvalue weighted by molar-refractivity contribution is 9.10. The summed E-state index contributed by atoms with van der Waals surface area (Å²) in [5.74, 6) is 0.0321. The predicted octanol–water partition coefficient (Wildman–Crippen LogP) is 6.01. The van der Waals surface area contributed by atoms with Crippen molar-refractivity contribution in [1.82, 2.24) is 4.90 Å². The molecule has 0 unspecified atom stereocenters. The number of rotatable bonds is 5. The first kappa shape index (κ1) is 21.0. The monoisotopic (exact) mass is 474 g/mol. The number of hydrogen-bond donors (Lipinski definition) is 1. The lowest BCUT2D eigenvalue weighted by molar-refractivity contribution is 0.102. The number of carbonyl (C=O) groups excluding carboxylic acids is 1. The van der Waals surface area contributed by atoms with E-state index in [0.29, 0.717) is 32.2 Å². The quantitative estimate of drug-likeness (QED) is 0.537.